The summed E-state index contributed by atoms with van der Waals surface area (Å²) in [5.41, 5.74) is 1.05. The van der Waals surface area contributed by atoms with Crippen LogP contribution >= 0.6 is 0 Å². The summed E-state index contributed by atoms with van der Waals surface area (Å²) >= 11 is 0. The Kier molecular flexibility index (Phi) is 2.73. The van der Waals surface area contributed by atoms with Crippen LogP contribution in [0.3, 0.4) is 0 Å². The molecule has 2 amide bonds. The second-order valence-corrected chi connectivity index (χ2v) is 5.26. The molecule has 0 spiro atoms. The summed E-state index contributed by atoms with van der Waals surface area (Å²) in [6.45, 7) is 1.47. The van der Waals surface area contributed by atoms with E-state index in [2.05, 4.69) is 0 Å². The van der Waals surface area contributed by atoms with Crippen molar-refractivity contribution >= 4 is 23.3 Å². The molecule has 2 aliphatic rings. The van der Waals surface area contributed by atoms with Gasteiger partial charge in [-0.3, -0.25) is 19.3 Å². The molecule has 1 aliphatic carbocycles. The molecule has 98 valence electrons. The highest BCUT2D eigenvalue weighted by Crippen LogP contribution is 2.41. The fraction of sp³-hybridized carbons (Fsp3) is 0.400. The third-order valence-corrected chi connectivity index (χ3v) is 4.10. The number of rotatable bonds is 2. The number of Topliss-reactive ketones (excluding diaryl/α,β-unsaturated/α-hetero) is 1. The average molecular weight is 257 g/mol. The number of hydrogen-bond acceptors (Lipinski definition) is 3. The van der Waals surface area contributed by atoms with Gasteiger partial charge in [0.15, 0.2) is 5.78 Å². The molecule has 1 saturated carbocycles. The monoisotopic (exact) mass is 257 g/mol. The summed E-state index contributed by atoms with van der Waals surface area (Å²) < 4.78 is 0. The Morgan fingerprint density at radius 3 is 2.37 bits per heavy atom. The van der Waals surface area contributed by atoms with Crippen molar-refractivity contribution in [2.75, 3.05) is 4.90 Å². The Hall–Kier alpha value is -1.97. The number of amides is 2. The molecule has 19 heavy (non-hydrogen) atoms. The van der Waals surface area contributed by atoms with Crippen LogP contribution in [0.2, 0.25) is 0 Å². The molecule has 1 aromatic rings. The molecule has 0 radical (unpaired) electrons. The molecule has 1 aliphatic heterocycles. The quantitative estimate of drug-likeness (QED) is 0.602. The zero-order valence-corrected chi connectivity index (χ0v) is 10.8. The van der Waals surface area contributed by atoms with E-state index in [-0.39, 0.29) is 29.4 Å². The van der Waals surface area contributed by atoms with Crippen LogP contribution in [0.4, 0.5) is 5.69 Å². The molecular weight excluding hydrogens is 242 g/mol. The summed E-state index contributed by atoms with van der Waals surface area (Å²) in [5.74, 6) is -0.565. The lowest BCUT2D eigenvalue weighted by molar-refractivity contribution is -0.122. The molecule has 1 aromatic carbocycles. The Morgan fingerprint density at radius 2 is 1.79 bits per heavy atom. The highest BCUT2D eigenvalue weighted by atomic mass is 16.2. The van der Waals surface area contributed by atoms with Gasteiger partial charge in [-0.2, -0.15) is 0 Å². The van der Waals surface area contributed by atoms with Crippen LogP contribution < -0.4 is 4.90 Å². The number of fused-ring (bicyclic) bond motifs is 1. The molecule has 4 nitrogen and oxygen atoms in total. The Morgan fingerprint density at radius 1 is 1.16 bits per heavy atom. The molecule has 2 atom stereocenters. The van der Waals surface area contributed by atoms with E-state index in [9.17, 15) is 14.4 Å². The molecule has 2 fully saturated rings. The smallest absolute Gasteiger partial charge is 0.237 e. The number of hydrogen-bond donors (Lipinski definition) is 0. The molecule has 0 aromatic heterocycles. The number of imide groups is 1. The fourth-order valence-corrected chi connectivity index (χ4v) is 3.11. The van der Waals surface area contributed by atoms with Crippen LogP contribution in [0, 0.1) is 11.8 Å². The number of anilines is 1. The topological polar surface area (TPSA) is 54.5 Å². The lowest BCUT2D eigenvalue weighted by Crippen LogP contribution is -2.31. The lowest BCUT2D eigenvalue weighted by Gasteiger charge is -2.16. The van der Waals surface area contributed by atoms with Gasteiger partial charge in [0.05, 0.1) is 17.5 Å². The predicted molar refractivity (Wildman–Crippen MR) is 69.8 cm³/mol. The van der Waals surface area contributed by atoms with Gasteiger partial charge in [-0.1, -0.05) is 18.6 Å². The SMILES string of the molecule is CC(=O)c1cccc(N2C(=O)C3CCCC3C2=O)c1. The third kappa shape index (κ3) is 1.79. The lowest BCUT2D eigenvalue weighted by atomic mass is 10.00. The van der Waals surface area contributed by atoms with Crippen molar-refractivity contribution in [1.29, 1.82) is 0 Å². The van der Waals surface area contributed by atoms with E-state index < -0.39 is 0 Å². The van der Waals surface area contributed by atoms with Crippen LogP contribution in [0.25, 0.3) is 0 Å². The van der Waals surface area contributed by atoms with E-state index in [0.717, 1.165) is 19.3 Å². The molecular formula is C15H15NO3. The van der Waals surface area contributed by atoms with Gasteiger partial charge in [-0.25, -0.2) is 0 Å². The molecule has 1 heterocycles. The standard InChI is InChI=1S/C15H15NO3/c1-9(17)10-4-2-5-11(8-10)16-14(18)12-6-3-7-13(12)15(16)19/h2,4-5,8,12-13H,3,6-7H2,1H3. The Labute approximate surface area is 111 Å². The van der Waals surface area contributed by atoms with Gasteiger partial charge in [0.2, 0.25) is 11.8 Å². The van der Waals surface area contributed by atoms with Crippen molar-refractivity contribution in [1.82, 2.24) is 0 Å². The minimum absolute atomic E-state index is 0.0684. The number of nitrogens with zero attached hydrogens (tertiary/aromatic N) is 1. The summed E-state index contributed by atoms with van der Waals surface area (Å²) in [5, 5.41) is 0. The number of ketones is 1. The van der Waals surface area contributed by atoms with E-state index in [1.54, 1.807) is 24.3 Å². The van der Waals surface area contributed by atoms with E-state index in [1.165, 1.54) is 11.8 Å². The van der Waals surface area contributed by atoms with Crippen molar-refractivity contribution in [3.8, 4) is 0 Å². The highest BCUT2D eigenvalue weighted by Gasteiger charge is 2.50. The van der Waals surface area contributed by atoms with Crippen LogP contribution in [0.1, 0.15) is 36.5 Å². The summed E-state index contributed by atoms with van der Waals surface area (Å²) in [4.78, 5) is 37.2. The van der Waals surface area contributed by atoms with Crippen molar-refractivity contribution in [2.45, 2.75) is 26.2 Å². The normalized spacial score (nSPS) is 25.8. The summed E-state index contributed by atoms with van der Waals surface area (Å²) in [6, 6.07) is 6.74. The third-order valence-electron chi connectivity index (χ3n) is 4.10. The van der Waals surface area contributed by atoms with Crippen molar-refractivity contribution in [3.05, 3.63) is 29.8 Å². The molecule has 3 rings (SSSR count). The van der Waals surface area contributed by atoms with Crippen molar-refractivity contribution < 1.29 is 14.4 Å². The maximum absolute atomic E-state index is 12.3. The van der Waals surface area contributed by atoms with Crippen LogP contribution in [0.5, 0.6) is 0 Å². The van der Waals surface area contributed by atoms with E-state index >= 15 is 0 Å². The first-order valence-electron chi connectivity index (χ1n) is 6.58. The van der Waals surface area contributed by atoms with Crippen molar-refractivity contribution in [3.63, 3.8) is 0 Å². The van der Waals surface area contributed by atoms with Gasteiger partial charge in [0.1, 0.15) is 0 Å². The second-order valence-electron chi connectivity index (χ2n) is 5.26. The van der Waals surface area contributed by atoms with Crippen LogP contribution in [-0.4, -0.2) is 17.6 Å². The average Bonchev–Trinajstić information content (AvgIpc) is 2.95. The predicted octanol–water partition coefficient (Wildman–Crippen LogP) is 2.18. The molecule has 1 saturated heterocycles. The summed E-state index contributed by atoms with van der Waals surface area (Å²) in [6.07, 6.45) is 2.56. The summed E-state index contributed by atoms with van der Waals surface area (Å²) in [7, 11) is 0. The van der Waals surface area contributed by atoms with E-state index in [4.69, 9.17) is 0 Å². The van der Waals surface area contributed by atoms with Crippen LogP contribution in [0.15, 0.2) is 24.3 Å². The van der Waals surface area contributed by atoms with E-state index in [0.29, 0.717) is 11.3 Å². The zero-order chi connectivity index (χ0) is 13.6. The first-order valence-corrected chi connectivity index (χ1v) is 6.58. The van der Waals surface area contributed by atoms with E-state index in [1.807, 2.05) is 0 Å². The number of carbonyl (C=O) groups excluding carboxylic acids is 3. The van der Waals surface area contributed by atoms with Gasteiger partial charge in [-0.15, -0.1) is 0 Å². The largest absolute Gasteiger partial charge is 0.295 e. The minimum atomic E-state index is -0.145. The maximum atomic E-state index is 12.3. The van der Waals surface area contributed by atoms with Crippen molar-refractivity contribution in [2.24, 2.45) is 11.8 Å². The molecule has 4 heteroatoms. The van der Waals surface area contributed by atoms with Gasteiger partial charge >= 0.3 is 0 Å². The van der Waals surface area contributed by atoms with Crippen LogP contribution in [-0.2, 0) is 9.59 Å². The Balaban J connectivity index is 1.98. The Bertz CT molecular complexity index is 557. The van der Waals surface area contributed by atoms with Gasteiger partial charge in [0, 0.05) is 5.56 Å². The van der Waals surface area contributed by atoms with Gasteiger partial charge < -0.3 is 0 Å². The minimum Gasteiger partial charge on any atom is -0.295 e. The molecule has 0 bridgehead atoms. The van der Waals surface area contributed by atoms with Gasteiger partial charge in [-0.05, 0) is 31.9 Å². The first-order chi connectivity index (χ1) is 9.09. The number of carbonyl (C=O) groups is 3. The maximum Gasteiger partial charge on any atom is 0.237 e. The second kappa shape index (κ2) is 4.30. The highest BCUT2D eigenvalue weighted by molar-refractivity contribution is 6.22. The zero-order valence-electron chi connectivity index (χ0n) is 10.8. The van der Waals surface area contributed by atoms with Gasteiger partial charge in [0.25, 0.3) is 0 Å². The molecule has 2 unspecified atom stereocenters. The first kappa shape index (κ1) is 12.1. The fourth-order valence-electron chi connectivity index (χ4n) is 3.11. The molecule has 0 N–H and O–H groups in total. The number of benzene rings is 1.